The van der Waals surface area contributed by atoms with Crippen LogP contribution >= 0.6 is 0 Å². The molecule has 0 radical (unpaired) electrons. The minimum Gasteiger partial charge on any atom is -0.478 e. The summed E-state index contributed by atoms with van der Waals surface area (Å²) in [6.45, 7) is 3.07. The Labute approximate surface area is 271 Å². The Morgan fingerprint density at radius 3 is 2.43 bits per heavy atom. The van der Waals surface area contributed by atoms with Crippen molar-refractivity contribution in [3.05, 3.63) is 35.1 Å². The van der Waals surface area contributed by atoms with Crippen molar-refractivity contribution < 1.29 is 78.9 Å². The number of rotatable bonds is 13. The lowest BCUT2D eigenvalue weighted by Crippen LogP contribution is -2.62. The van der Waals surface area contributed by atoms with Gasteiger partial charge in [0.1, 0.15) is 37.1 Å². The topological polar surface area (TPSA) is 251 Å². The van der Waals surface area contributed by atoms with Crippen LogP contribution in [0.25, 0.3) is 0 Å². The molecule has 3 fully saturated rings. The quantitative estimate of drug-likeness (QED) is 0.0625. The zero-order valence-corrected chi connectivity index (χ0v) is 26.5. The molecular weight excluding hydrogens is 628 g/mol. The molecule has 4 aliphatic rings. The fraction of sp³-hybridized carbons (Fsp3) is 0.742. The predicted molar refractivity (Wildman–Crippen MR) is 157 cm³/mol. The third kappa shape index (κ3) is 8.22. The smallest absolute Gasteiger partial charge is 0.334 e. The van der Waals surface area contributed by atoms with Gasteiger partial charge in [0.25, 0.3) is 0 Å². The molecule has 2 saturated heterocycles. The first-order chi connectivity index (χ1) is 22.2. The van der Waals surface area contributed by atoms with Crippen LogP contribution in [-0.2, 0) is 38.0 Å². The number of aliphatic hydroxyl groups is 7. The van der Waals surface area contributed by atoms with Crippen LogP contribution in [0.15, 0.2) is 35.1 Å². The largest absolute Gasteiger partial charge is 0.478 e. The standard InChI is InChI=1S/C31H46O16/c1-14(7-8-32)5-4-6-15(2)27(40)43-12-31(41)13-44-30(25(31)37)46-24-23(36)22(35)20(10-33)45-29(24)47-28-21-16(3)19(34)9-17(21)18(11-42-28)26(38)39/h6-7,11,16-17,19-25,28-30,32-37,41H,4-5,8-10,12-13H2,1-3H3,(H,38,39)/b14-7+,15-6+/t16-,17+,19+,20+,21+,22+,23-,24+,25+,28-,29-,30+,31-/m0/s1. The van der Waals surface area contributed by atoms with Gasteiger partial charge in [-0.15, -0.1) is 0 Å². The molecule has 13 atom stereocenters. The minimum absolute atomic E-state index is 0.0437. The van der Waals surface area contributed by atoms with E-state index in [-0.39, 0.29) is 24.2 Å². The van der Waals surface area contributed by atoms with E-state index in [4.69, 9.17) is 33.5 Å². The molecule has 0 unspecified atom stereocenters. The second-order valence-electron chi connectivity index (χ2n) is 12.6. The van der Waals surface area contributed by atoms with E-state index in [1.165, 1.54) is 6.92 Å². The van der Waals surface area contributed by atoms with Gasteiger partial charge in [0.2, 0.25) is 6.29 Å². The van der Waals surface area contributed by atoms with Crippen LogP contribution in [0.4, 0.5) is 0 Å². The summed E-state index contributed by atoms with van der Waals surface area (Å²) in [6.07, 6.45) is -7.87. The number of aliphatic hydroxyl groups excluding tert-OH is 6. The van der Waals surface area contributed by atoms with Crippen molar-refractivity contribution >= 4 is 11.9 Å². The summed E-state index contributed by atoms with van der Waals surface area (Å²) in [5.74, 6) is -3.71. The van der Waals surface area contributed by atoms with Crippen molar-refractivity contribution in [3.63, 3.8) is 0 Å². The van der Waals surface area contributed by atoms with E-state index in [1.807, 2.05) is 6.92 Å². The molecule has 0 amide bonds. The van der Waals surface area contributed by atoms with Crippen LogP contribution in [0, 0.1) is 17.8 Å². The van der Waals surface area contributed by atoms with Gasteiger partial charge in [-0.3, -0.25) is 0 Å². The summed E-state index contributed by atoms with van der Waals surface area (Å²) in [5.41, 5.74) is -0.943. The number of hydrogen-bond acceptors (Lipinski definition) is 15. The molecule has 266 valence electrons. The highest BCUT2D eigenvalue weighted by Crippen LogP contribution is 2.47. The Morgan fingerprint density at radius 2 is 1.77 bits per heavy atom. The molecule has 0 bridgehead atoms. The highest BCUT2D eigenvalue weighted by molar-refractivity contribution is 5.88. The SMILES string of the molecule is C/C(=C\CO)CC/C=C(\C)C(=O)OC[C@]1(O)CO[C@H](O[C@H]2[C@H](O[C@@H]3OC=C(C(=O)O)[C@H]4C[C@@H](O)[C@H](C)[C@@H]34)O[C@H](CO)[C@@H](O)[C@@H]2O)[C@H]1O. The summed E-state index contributed by atoms with van der Waals surface area (Å²) in [7, 11) is 0. The Hall–Kier alpha value is -2.48. The van der Waals surface area contributed by atoms with Crippen molar-refractivity contribution in [2.24, 2.45) is 17.8 Å². The predicted octanol–water partition coefficient (Wildman–Crippen LogP) is -1.56. The maximum atomic E-state index is 12.5. The zero-order valence-electron chi connectivity index (χ0n) is 26.5. The number of fused-ring (bicyclic) bond motifs is 1. The Morgan fingerprint density at radius 1 is 1.04 bits per heavy atom. The summed E-state index contributed by atoms with van der Waals surface area (Å²) in [4.78, 5) is 24.3. The van der Waals surface area contributed by atoms with Crippen LogP contribution in [-0.4, -0.2) is 140 Å². The highest BCUT2D eigenvalue weighted by atomic mass is 16.8. The second-order valence-corrected chi connectivity index (χ2v) is 12.6. The highest BCUT2D eigenvalue weighted by Gasteiger charge is 2.56. The molecule has 8 N–H and O–H groups in total. The van der Waals surface area contributed by atoms with Gasteiger partial charge in [-0.2, -0.15) is 0 Å². The van der Waals surface area contributed by atoms with E-state index >= 15 is 0 Å². The van der Waals surface area contributed by atoms with E-state index in [1.54, 1.807) is 19.1 Å². The molecule has 0 spiro atoms. The summed E-state index contributed by atoms with van der Waals surface area (Å²) in [6, 6.07) is 0. The second kappa shape index (κ2) is 15.8. The van der Waals surface area contributed by atoms with E-state index in [9.17, 15) is 45.3 Å². The van der Waals surface area contributed by atoms with Gasteiger partial charge >= 0.3 is 11.9 Å². The number of carboxylic acid groups (broad SMARTS) is 1. The maximum absolute atomic E-state index is 12.5. The van der Waals surface area contributed by atoms with Crippen molar-refractivity contribution in [1.82, 2.24) is 0 Å². The van der Waals surface area contributed by atoms with Crippen LogP contribution < -0.4 is 0 Å². The summed E-state index contributed by atoms with van der Waals surface area (Å²) < 4.78 is 33.8. The van der Waals surface area contributed by atoms with E-state index in [0.717, 1.165) is 11.8 Å². The van der Waals surface area contributed by atoms with Crippen LogP contribution in [0.5, 0.6) is 0 Å². The lowest BCUT2D eigenvalue weighted by Gasteiger charge is -2.45. The number of carbonyl (C=O) groups excluding carboxylic acids is 1. The Bertz CT molecular complexity index is 1200. The molecule has 4 rings (SSSR count). The molecule has 0 aromatic heterocycles. The zero-order chi connectivity index (χ0) is 34.6. The molecule has 3 heterocycles. The molecule has 0 aromatic carbocycles. The number of allylic oxidation sites excluding steroid dienone is 2. The minimum atomic E-state index is -2.11. The molecular formula is C31H46O16. The normalized spacial score (nSPS) is 40.9. The summed E-state index contributed by atoms with van der Waals surface area (Å²) in [5, 5.41) is 82.4. The van der Waals surface area contributed by atoms with E-state index < -0.39 is 111 Å². The van der Waals surface area contributed by atoms with Crippen molar-refractivity contribution in [1.29, 1.82) is 0 Å². The van der Waals surface area contributed by atoms with Crippen molar-refractivity contribution in [2.45, 2.75) is 101 Å². The van der Waals surface area contributed by atoms with E-state index in [0.29, 0.717) is 12.8 Å². The number of carboxylic acids is 1. The molecule has 1 saturated carbocycles. The molecule has 3 aliphatic heterocycles. The number of hydrogen-bond donors (Lipinski definition) is 8. The van der Waals surface area contributed by atoms with Gasteiger partial charge in [0, 0.05) is 17.4 Å². The molecule has 0 aromatic rings. The number of esters is 1. The monoisotopic (exact) mass is 674 g/mol. The Kier molecular flexibility index (Phi) is 12.6. The van der Waals surface area contributed by atoms with Crippen LogP contribution in [0.3, 0.4) is 0 Å². The van der Waals surface area contributed by atoms with Crippen molar-refractivity contribution in [3.8, 4) is 0 Å². The average Bonchev–Trinajstić information content (AvgIpc) is 3.49. The average molecular weight is 675 g/mol. The molecule has 47 heavy (non-hydrogen) atoms. The van der Waals surface area contributed by atoms with E-state index in [2.05, 4.69) is 0 Å². The fourth-order valence-electron chi connectivity index (χ4n) is 6.33. The first kappa shape index (κ1) is 37.3. The van der Waals surface area contributed by atoms with Crippen molar-refractivity contribution in [2.75, 3.05) is 26.4 Å². The van der Waals surface area contributed by atoms with Crippen LogP contribution in [0.2, 0.25) is 0 Å². The number of aliphatic carboxylic acids is 1. The fourth-order valence-corrected chi connectivity index (χ4v) is 6.33. The van der Waals surface area contributed by atoms with Gasteiger partial charge in [-0.05, 0) is 39.0 Å². The third-order valence-electron chi connectivity index (χ3n) is 9.36. The first-order valence-electron chi connectivity index (χ1n) is 15.5. The van der Waals surface area contributed by atoms with Gasteiger partial charge in [-0.25, -0.2) is 9.59 Å². The van der Waals surface area contributed by atoms with Gasteiger partial charge < -0.3 is 69.3 Å². The van der Waals surface area contributed by atoms with Gasteiger partial charge in [0.05, 0.1) is 37.8 Å². The third-order valence-corrected chi connectivity index (χ3v) is 9.36. The molecule has 1 aliphatic carbocycles. The van der Waals surface area contributed by atoms with Crippen LogP contribution in [0.1, 0.15) is 40.0 Å². The molecule has 16 heteroatoms. The van der Waals surface area contributed by atoms with Gasteiger partial charge in [-0.1, -0.05) is 24.6 Å². The number of ether oxygens (including phenoxy) is 6. The van der Waals surface area contributed by atoms with Gasteiger partial charge in [0.15, 0.2) is 18.2 Å². The lowest BCUT2D eigenvalue weighted by atomic mass is 9.83. The lowest BCUT2D eigenvalue weighted by molar-refractivity contribution is -0.365. The maximum Gasteiger partial charge on any atom is 0.334 e. The number of carbonyl (C=O) groups is 2. The molecule has 16 nitrogen and oxygen atoms in total. The Balaban J connectivity index is 1.43. The first-order valence-corrected chi connectivity index (χ1v) is 15.5. The summed E-state index contributed by atoms with van der Waals surface area (Å²) >= 11 is 0.